The molecular weight excluding hydrogens is 326 g/mol. The lowest BCUT2D eigenvalue weighted by Crippen LogP contribution is -2.54. The Bertz CT molecular complexity index is 633. The summed E-state index contributed by atoms with van der Waals surface area (Å²) in [6.07, 6.45) is 9.03. The molecule has 0 N–H and O–H groups in total. The lowest BCUT2D eigenvalue weighted by Gasteiger charge is -2.45. The summed E-state index contributed by atoms with van der Waals surface area (Å²) in [6.45, 7) is 5.46. The standard InChI is InChI=1S/C21H31N3O2/c1-16-3-6-19(22-13-16)20(25)24-11-9-21(10-12-24)8-7-18(23(21)2)15-26-14-17-4-5-17/h3,6,13,17-18H,4-5,7-12,14-15H2,1-2H3. The quantitative estimate of drug-likeness (QED) is 0.813. The predicted molar refractivity (Wildman–Crippen MR) is 101 cm³/mol. The van der Waals surface area contributed by atoms with E-state index in [0.29, 0.717) is 11.7 Å². The number of hydrogen-bond acceptors (Lipinski definition) is 4. The highest BCUT2D eigenvalue weighted by Gasteiger charge is 2.46. The molecule has 3 heterocycles. The molecule has 2 aliphatic heterocycles. The number of hydrogen-bond donors (Lipinski definition) is 0. The zero-order valence-electron chi connectivity index (χ0n) is 16.1. The maximum atomic E-state index is 12.7. The summed E-state index contributed by atoms with van der Waals surface area (Å²) in [4.78, 5) is 21.5. The molecule has 3 fully saturated rings. The molecule has 1 spiro atoms. The van der Waals surface area contributed by atoms with Gasteiger partial charge in [-0.15, -0.1) is 0 Å². The topological polar surface area (TPSA) is 45.7 Å². The van der Waals surface area contributed by atoms with Crippen molar-refractivity contribution in [1.29, 1.82) is 0 Å². The van der Waals surface area contributed by atoms with E-state index in [-0.39, 0.29) is 11.4 Å². The van der Waals surface area contributed by atoms with Crippen molar-refractivity contribution in [3.63, 3.8) is 0 Å². The number of amides is 1. The van der Waals surface area contributed by atoms with Crippen molar-refractivity contribution in [2.45, 2.75) is 57.0 Å². The maximum Gasteiger partial charge on any atom is 0.272 e. The summed E-state index contributed by atoms with van der Waals surface area (Å²) < 4.78 is 5.96. The number of nitrogens with zero attached hydrogens (tertiary/aromatic N) is 3. The fourth-order valence-electron chi connectivity index (χ4n) is 4.53. The Balaban J connectivity index is 1.30. The third-order valence-corrected chi connectivity index (χ3v) is 6.71. The predicted octanol–water partition coefficient (Wildman–Crippen LogP) is 2.89. The van der Waals surface area contributed by atoms with Crippen LogP contribution in [-0.2, 0) is 4.74 Å². The van der Waals surface area contributed by atoms with Gasteiger partial charge in [-0.25, -0.2) is 0 Å². The number of likely N-dealkylation sites (tertiary alicyclic amines) is 2. The molecule has 1 aromatic rings. The number of ether oxygens (including phenoxy) is 1. The van der Waals surface area contributed by atoms with Gasteiger partial charge < -0.3 is 9.64 Å². The van der Waals surface area contributed by atoms with E-state index < -0.39 is 0 Å². The Hall–Kier alpha value is -1.46. The molecule has 3 aliphatic rings. The van der Waals surface area contributed by atoms with Gasteiger partial charge in [-0.1, -0.05) is 6.07 Å². The second-order valence-corrected chi connectivity index (χ2v) is 8.52. The number of likely N-dealkylation sites (N-methyl/N-ethyl adjacent to an activating group) is 1. The lowest BCUT2D eigenvalue weighted by atomic mass is 9.85. The van der Waals surface area contributed by atoms with Crippen LogP contribution in [0.5, 0.6) is 0 Å². The monoisotopic (exact) mass is 357 g/mol. The highest BCUT2D eigenvalue weighted by atomic mass is 16.5. The van der Waals surface area contributed by atoms with E-state index >= 15 is 0 Å². The molecule has 5 heteroatoms. The van der Waals surface area contributed by atoms with Crippen LogP contribution in [0.4, 0.5) is 0 Å². The number of piperidine rings is 1. The van der Waals surface area contributed by atoms with Crippen LogP contribution < -0.4 is 0 Å². The highest BCUT2D eigenvalue weighted by molar-refractivity contribution is 5.92. The molecule has 1 aromatic heterocycles. The first-order chi connectivity index (χ1) is 12.6. The van der Waals surface area contributed by atoms with Crippen LogP contribution >= 0.6 is 0 Å². The van der Waals surface area contributed by atoms with Gasteiger partial charge in [0, 0.05) is 37.5 Å². The molecule has 4 rings (SSSR count). The molecule has 0 aromatic carbocycles. The minimum atomic E-state index is 0.0739. The Morgan fingerprint density at radius 2 is 1.96 bits per heavy atom. The van der Waals surface area contributed by atoms with Gasteiger partial charge >= 0.3 is 0 Å². The van der Waals surface area contributed by atoms with E-state index in [4.69, 9.17) is 4.74 Å². The number of pyridine rings is 1. The van der Waals surface area contributed by atoms with Crippen LogP contribution in [0.25, 0.3) is 0 Å². The van der Waals surface area contributed by atoms with E-state index in [1.54, 1.807) is 6.20 Å². The summed E-state index contributed by atoms with van der Waals surface area (Å²) in [6, 6.07) is 4.34. The van der Waals surface area contributed by atoms with Crippen molar-refractivity contribution >= 4 is 5.91 Å². The molecule has 1 saturated carbocycles. The first-order valence-electron chi connectivity index (χ1n) is 10.1. The number of carbonyl (C=O) groups excluding carboxylic acids is 1. The molecule has 1 aliphatic carbocycles. The van der Waals surface area contributed by atoms with E-state index in [1.807, 2.05) is 24.0 Å². The summed E-state index contributed by atoms with van der Waals surface area (Å²) in [5, 5.41) is 0. The molecule has 5 nitrogen and oxygen atoms in total. The van der Waals surface area contributed by atoms with Crippen LogP contribution in [0.2, 0.25) is 0 Å². The Morgan fingerprint density at radius 1 is 1.19 bits per heavy atom. The van der Waals surface area contributed by atoms with E-state index in [0.717, 1.165) is 50.6 Å². The van der Waals surface area contributed by atoms with Crippen LogP contribution in [0.3, 0.4) is 0 Å². The van der Waals surface area contributed by atoms with Gasteiger partial charge in [-0.2, -0.15) is 0 Å². The van der Waals surface area contributed by atoms with E-state index in [2.05, 4.69) is 16.9 Å². The van der Waals surface area contributed by atoms with Gasteiger partial charge in [0.25, 0.3) is 5.91 Å². The third kappa shape index (κ3) is 3.65. The first kappa shape index (κ1) is 17.9. The van der Waals surface area contributed by atoms with Crippen molar-refractivity contribution in [3.8, 4) is 0 Å². The molecule has 1 atom stereocenters. The summed E-state index contributed by atoms with van der Waals surface area (Å²) in [7, 11) is 2.26. The molecular formula is C21H31N3O2. The van der Waals surface area contributed by atoms with E-state index in [1.165, 1.54) is 25.7 Å². The average Bonchev–Trinajstić information content (AvgIpc) is 3.44. The Morgan fingerprint density at radius 3 is 2.62 bits per heavy atom. The third-order valence-electron chi connectivity index (χ3n) is 6.71. The molecule has 1 unspecified atom stereocenters. The second-order valence-electron chi connectivity index (χ2n) is 8.52. The van der Waals surface area contributed by atoms with Crippen molar-refractivity contribution in [1.82, 2.24) is 14.8 Å². The molecule has 26 heavy (non-hydrogen) atoms. The van der Waals surface area contributed by atoms with Gasteiger partial charge in [0.05, 0.1) is 6.61 Å². The number of rotatable bonds is 5. The Labute approximate surface area is 156 Å². The highest BCUT2D eigenvalue weighted by Crippen LogP contribution is 2.41. The van der Waals surface area contributed by atoms with Gasteiger partial charge in [0.2, 0.25) is 0 Å². The van der Waals surface area contributed by atoms with Crippen molar-refractivity contribution in [3.05, 3.63) is 29.6 Å². The second kappa shape index (κ2) is 7.28. The normalized spacial score (nSPS) is 25.8. The van der Waals surface area contributed by atoms with Gasteiger partial charge in [-0.3, -0.25) is 14.7 Å². The summed E-state index contributed by atoms with van der Waals surface area (Å²) in [5.41, 5.74) is 1.91. The van der Waals surface area contributed by atoms with Crippen LogP contribution in [0.15, 0.2) is 18.3 Å². The van der Waals surface area contributed by atoms with Crippen LogP contribution in [-0.4, -0.2) is 65.6 Å². The Kier molecular flexibility index (Phi) is 5.02. The van der Waals surface area contributed by atoms with Crippen LogP contribution in [0, 0.1) is 12.8 Å². The van der Waals surface area contributed by atoms with E-state index in [9.17, 15) is 4.79 Å². The van der Waals surface area contributed by atoms with Gasteiger partial charge in [0.1, 0.15) is 5.69 Å². The summed E-state index contributed by atoms with van der Waals surface area (Å²) in [5.74, 6) is 0.908. The van der Waals surface area contributed by atoms with Crippen molar-refractivity contribution < 1.29 is 9.53 Å². The molecule has 0 bridgehead atoms. The van der Waals surface area contributed by atoms with Crippen molar-refractivity contribution in [2.24, 2.45) is 5.92 Å². The van der Waals surface area contributed by atoms with Crippen LogP contribution in [0.1, 0.15) is 54.6 Å². The minimum Gasteiger partial charge on any atom is -0.380 e. The first-order valence-corrected chi connectivity index (χ1v) is 10.1. The number of aryl methyl sites for hydroxylation is 1. The molecule has 1 amide bonds. The molecule has 142 valence electrons. The van der Waals surface area contributed by atoms with Gasteiger partial charge in [0.15, 0.2) is 0 Å². The zero-order valence-corrected chi connectivity index (χ0v) is 16.1. The fourth-order valence-corrected chi connectivity index (χ4v) is 4.53. The zero-order chi connectivity index (χ0) is 18.1. The fraction of sp³-hybridized carbons (Fsp3) is 0.714. The smallest absolute Gasteiger partial charge is 0.272 e. The minimum absolute atomic E-state index is 0.0739. The maximum absolute atomic E-state index is 12.7. The summed E-state index contributed by atoms with van der Waals surface area (Å²) >= 11 is 0. The number of carbonyl (C=O) groups is 1. The molecule has 0 radical (unpaired) electrons. The largest absolute Gasteiger partial charge is 0.380 e. The van der Waals surface area contributed by atoms with Gasteiger partial charge in [-0.05, 0) is 70.0 Å². The van der Waals surface area contributed by atoms with Crippen molar-refractivity contribution in [2.75, 3.05) is 33.4 Å². The average molecular weight is 357 g/mol. The SMILES string of the molecule is Cc1ccc(C(=O)N2CCC3(CCC(COCC4CC4)N3C)CC2)nc1. The molecule has 2 saturated heterocycles. The lowest BCUT2D eigenvalue weighted by molar-refractivity contribution is 0.0171. The number of aromatic nitrogens is 1.